The average molecular weight is 340 g/mol. The maximum atomic E-state index is 11.5. The summed E-state index contributed by atoms with van der Waals surface area (Å²) in [6.45, 7) is 4.88. The minimum Gasteiger partial charge on any atom is -0.492 e. The Morgan fingerprint density at radius 1 is 1.26 bits per heavy atom. The SMILES string of the molecule is CN(C)CC1CCN(CCOc2cccc(S(C)(=O)=O)c2)CC1. The molecular weight excluding hydrogens is 312 g/mol. The molecule has 1 heterocycles. The summed E-state index contributed by atoms with van der Waals surface area (Å²) < 4.78 is 28.8. The molecule has 0 radical (unpaired) electrons. The molecule has 0 spiro atoms. The van der Waals surface area contributed by atoms with Gasteiger partial charge >= 0.3 is 0 Å². The van der Waals surface area contributed by atoms with Crippen LogP contribution < -0.4 is 4.74 Å². The Morgan fingerprint density at radius 2 is 1.96 bits per heavy atom. The molecule has 1 saturated heterocycles. The summed E-state index contributed by atoms with van der Waals surface area (Å²) >= 11 is 0. The predicted octanol–water partition coefficient (Wildman–Crippen LogP) is 1.74. The molecule has 23 heavy (non-hydrogen) atoms. The molecule has 0 N–H and O–H groups in total. The molecule has 0 bridgehead atoms. The van der Waals surface area contributed by atoms with Crippen LogP contribution >= 0.6 is 0 Å². The van der Waals surface area contributed by atoms with Crippen molar-refractivity contribution in [2.24, 2.45) is 5.92 Å². The van der Waals surface area contributed by atoms with Gasteiger partial charge in [-0.15, -0.1) is 0 Å². The first-order valence-electron chi connectivity index (χ1n) is 8.14. The van der Waals surface area contributed by atoms with Crippen LogP contribution in [0.3, 0.4) is 0 Å². The first kappa shape index (κ1) is 18.2. The van der Waals surface area contributed by atoms with E-state index in [0.29, 0.717) is 17.3 Å². The molecule has 2 rings (SSSR count). The van der Waals surface area contributed by atoms with Crippen molar-refractivity contribution < 1.29 is 13.2 Å². The van der Waals surface area contributed by atoms with Crippen LogP contribution in [0.25, 0.3) is 0 Å². The smallest absolute Gasteiger partial charge is 0.175 e. The summed E-state index contributed by atoms with van der Waals surface area (Å²) in [5.74, 6) is 1.42. The average Bonchev–Trinajstić information content (AvgIpc) is 2.48. The topological polar surface area (TPSA) is 49.9 Å². The van der Waals surface area contributed by atoms with Gasteiger partial charge in [0.2, 0.25) is 0 Å². The van der Waals surface area contributed by atoms with Crippen LogP contribution in [0.4, 0.5) is 0 Å². The van der Waals surface area contributed by atoms with Gasteiger partial charge in [0.25, 0.3) is 0 Å². The Bertz CT molecular complexity index is 594. The van der Waals surface area contributed by atoms with Crippen LogP contribution in [-0.2, 0) is 9.84 Å². The number of rotatable bonds is 7. The Kier molecular flexibility index (Phi) is 6.44. The monoisotopic (exact) mass is 340 g/mol. The zero-order valence-electron chi connectivity index (χ0n) is 14.4. The van der Waals surface area contributed by atoms with E-state index in [2.05, 4.69) is 23.9 Å². The van der Waals surface area contributed by atoms with E-state index in [0.717, 1.165) is 25.6 Å². The first-order chi connectivity index (χ1) is 10.8. The maximum Gasteiger partial charge on any atom is 0.175 e. The molecule has 0 atom stereocenters. The van der Waals surface area contributed by atoms with E-state index in [1.165, 1.54) is 25.6 Å². The van der Waals surface area contributed by atoms with Gasteiger partial charge < -0.3 is 9.64 Å². The van der Waals surface area contributed by atoms with Crippen molar-refractivity contribution in [2.75, 3.05) is 53.1 Å². The van der Waals surface area contributed by atoms with Gasteiger partial charge in [0.15, 0.2) is 9.84 Å². The maximum absolute atomic E-state index is 11.5. The molecule has 0 unspecified atom stereocenters. The molecule has 1 aliphatic heterocycles. The van der Waals surface area contributed by atoms with Gasteiger partial charge in [0.05, 0.1) is 4.90 Å². The van der Waals surface area contributed by atoms with E-state index in [9.17, 15) is 8.42 Å². The van der Waals surface area contributed by atoms with Crippen LogP contribution in [0.1, 0.15) is 12.8 Å². The Hall–Kier alpha value is -1.11. The minimum atomic E-state index is -3.18. The number of sulfone groups is 1. The second-order valence-corrected chi connectivity index (χ2v) is 8.66. The fourth-order valence-electron chi connectivity index (χ4n) is 3.00. The molecule has 6 heteroatoms. The molecule has 0 aliphatic carbocycles. The van der Waals surface area contributed by atoms with Gasteiger partial charge in [0.1, 0.15) is 12.4 Å². The second kappa shape index (κ2) is 8.13. The lowest BCUT2D eigenvalue weighted by Gasteiger charge is -2.33. The molecule has 5 nitrogen and oxygen atoms in total. The van der Waals surface area contributed by atoms with Crippen LogP contribution in [0.2, 0.25) is 0 Å². The van der Waals surface area contributed by atoms with Crippen molar-refractivity contribution in [3.63, 3.8) is 0 Å². The summed E-state index contributed by atoms with van der Waals surface area (Å²) in [5.41, 5.74) is 0. The molecule has 0 saturated carbocycles. The third-order valence-electron chi connectivity index (χ3n) is 4.24. The first-order valence-corrected chi connectivity index (χ1v) is 10.0. The number of ether oxygens (including phenoxy) is 1. The quantitative estimate of drug-likeness (QED) is 0.757. The Morgan fingerprint density at radius 3 is 2.57 bits per heavy atom. The summed E-state index contributed by atoms with van der Waals surface area (Å²) in [6, 6.07) is 6.72. The summed E-state index contributed by atoms with van der Waals surface area (Å²) in [7, 11) is 1.08. The van der Waals surface area contributed by atoms with Crippen molar-refractivity contribution in [1.82, 2.24) is 9.80 Å². The zero-order valence-corrected chi connectivity index (χ0v) is 15.2. The third-order valence-corrected chi connectivity index (χ3v) is 5.35. The second-order valence-electron chi connectivity index (χ2n) is 6.64. The van der Waals surface area contributed by atoms with Crippen LogP contribution in [0, 0.1) is 5.92 Å². The number of hydrogen-bond acceptors (Lipinski definition) is 5. The highest BCUT2D eigenvalue weighted by Gasteiger charge is 2.19. The van der Waals surface area contributed by atoms with E-state index in [4.69, 9.17) is 4.74 Å². The van der Waals surface area contributed by atoms with Crippen LogP contribution in [0.15, 0.2) is 29.2 Å². The predicted molar refractivity (Wildman–Crippen MR) is 92.8 cm³/mol. The number of benzene rings is 1. The van der Waals surface area contributed by atoms with Gasteiger partial charge in [-0.25, -0.2) is 8.42 Å². The lowest BCUT2D eigenvalue weighted by Crippen LogP contribution is -2.39. The number of nitrogens with zero attached hydrogens (tertiary/aromatic N) is 2. The molecular formula is C17H28N2O3S. The molecule has 1 aromatic rings. The van der Waals surface area contributed by atoms with Crippen molar-refractivity contribution in [2.45, 2.75) is 17.7 Å². The lowest BCUT2D eigenvalue weighted by molar-refractivity contribution is 0.141. The largest absolute Gasteiger partial charge is 0.492 e. The van der Waals surface area contributed by atoms with Crippen LogP contribution in [0.5, 0.6) is 5.75 Å². The standard InChI is InChI=1S/C17H28N2O3S/c1-18(2)14-15-7-9-19(10-8-15)11-12-22-16-5-4-6-17(13-16)23(3,20)21/h4-6,13,15H,7-12,14H2,1-3H3. The highest BCUT2D eigenvalue weighted by Crippen LogP contribution is 2.19. The molecule has 0 amide bonds. The fraction of sp³-hybridized carbons (Fsp3) is 0.647. The van der Waals surface area contributed by atoms with Crippen molar-refractivity contribution in [3.8, 4) is 5.75 Å². The molecule has 0 aromatic heterocycles. The van der Waals surface area contributed by atoms with Gasteiger partial charge in [-0.05, 0) is 64.1 Å². The highest BCUT2D eigenvalue weighted by molar-refractivity contribution is 7.90. The van der Waals surface area contributed by atoms with Crippen molar-refractivity contribution in [3.05, 3.63) is 24.3 Å². The molecule has 1 fully saturated rings. The van der Waals surface area contributed by atoms with Crippen molar-refractivity contribution in [1.29, 1.82) is 0 Å². The third kappa shape index (κ3) is 6.12. The van der Waals surface area contributed by atoms with Gasteiger partial charge in [-0.1, -0.05) is 6.07 Å². The Labute approximate surface area is 140 Å². The molecule has 130 valence electrons. The van der Waals surface area contributed by atoms with Gasteiger partial charge in [0, 0.05) is 19.3 Å². The van der Waals surface area contributed by atoms with Crippen molar-refractivity contribution >= 4 is 9.84 Å². The fourth-order valence-corrected chi connectivity index (χ4v) is 3.65. The molecule has 1 aromatic carbocycles. The van der Waals surface area contributed by atoms with E-state index in [1.54, 1.807) is 24.3 Å². The Balaban J connectivity index is 1.74. The van der Waals surface area contributed by atoms with Gasteiger partial charge in [-0.3, -0.25) is 4.90 Å². The zero-order chi connectivity index (χ0) is 16.9. The van der Waals surface area contributed by atoms with E-state index >= 15 is 0 Å². The number of likely N-dealkylation sites (tertiary alicyclic amines) is 1. The van der Waals surface area contributed by atoms with Crippen LogP contribution in [-0.4, -0.2) is 71.4 Å². The number of piperidine rings is 1. The highest BCUT2D eigenvalue weighted by atomic mass is 32.2. The summed E-state index contributed by atoms with van der Waals surface area (Å²) in [4.78, 5) is 4.99. The minimum absolute atomic E-state index is 0.305. The summed E-state index contributed by atoms with van der Waals surface area (Å²) in [5, 5.41) is 0. The summed E-state index contributed by atoms with van der Waals surface area (Å²) in [6.07, 6.45) is 3.69. The van der Waals surface area contributed by atoms with E-state index < -0.39 is 9.84 Å². The number of hydrogen-bond donors (Lipinski definition) is 0. The van der Waals surface area contributed by atoms with E-state index in [1.807, 2.05) is 0 Å². The lowest BCUT2D eigenvalue weighted by atomic mass is 9.96. The molecule has 1 aliphatic rings. The van der Waals surface area contributed by atoms with E-state index in [-0.39, 0.29) is 0 Å². The van der Waals surface area contributed by atoms with Gasteiger partial charge in [-0.2, -0.15) is 0 Å². The normalized spacial score (nSPS) is 17.6.